The summed E-state index contributed by atoms with van der Waals surface area (Å²) in [7, 11) is 2.20. The molecule has 5 heteroatoms. The van der Waals surface area contributed by atoms with Crippen molar-refractivity contribution in [1.82, 2.24) is 4.81 Å². The summed E-state index contributed by atoms with van der Waals surface area (Å²) in [4.78, 5) is 13.2. The average molecular weight is 219 g/mol. The minimum absolute atomic E-state index is 0.415. The Morgan fingerprint density at radius 1 is 1.56 bits per heavy atom. The normalized spacial score (nSPS) is 15.6. The van der Waals surface area contributed by atoms with Gasteiger partial charge in [-0.05, 0) is 30.2 Å². The summed E-state index contributed by atoms with van der Waals surface area (Å²) in [5, 5.41) is 9.11. The zero-order valence-electron chi connectivity index (χ0n) is 9.27. The molecule has 0 radical (unpaired) electrons. The standard InChI is InChI=1S/C11H14BNO3/c1-16-12-13-6-5-8-3-2-4-9(11(14)15)10(8)7-13/h2-4,12H,5-7H2,1H3,(H,14,15). The Kier molecular flexibility index (Phi) is 3.26. The van der Waals surface area contributed by atoms with Crippen molar-refractivity contribution < 1.29 is 14.6 Å². The van der Waals surface area contributed by atoms with Gasteiger partial charge in [0, 0.05) is 13.7 Å². The zero-order valence-corrected chi connectivity index (χ0v) is 9.27. The third-order valence-corrected chi connectivity index (χ3v) is 2.89. The SMILES string of the molecule is COBN1CCc2cccc(C(=O)O)c2C1. The van der Waals surface area contributed by atoms with E-state index < -0.39 is 5.97 Å². The zero-order chi connectivity index (χ0) is 11.5. The van der Waals surface area contributed by atoms with Crippen molar-refractivity contribution in [2.75, 3.05) is 13.7 Å². The molecule has 1 aromatic rings. The number of rotatable bonds is 3. The first-order valence-corrected chi connectivity index (χ1v) is 5.27. The van der Waals surface area contributed by atoms with E-state index in [9.17, 15) is 4.79 Å². The largest absolute Gasteiger partial charge is 0.478 e. The van der Waals surface area contributed by atoms with Crippen LogP contribution in [0, 0.1) is 0 Å². The van der Waals surface area contributed by atoms with E-state index in [2.05, 4.69) is 4.81 Å². The second-order valence-electron chi connectivity index (χ2n) is 3.97. The molecule has 0 bridgehead atoms. The minimum Gasteiger partial charge on any atom is -0.478 e. The van der Waals surface area contributed by atoms with Gasteiger partial charge in [0.05, 0.1) is 5.56 Å². The highest BCUT2D eigenvalue weighted by molar-refractivity contribution is 6.23. The fraction of sp³-hybridized carbons (Fsp3) is 0.364. The molecule has 16 heavy (non-hydrogen) atoms. The van der Waals surface area contributed by atoms with Crippen LogP contribution in [0.25, 0.3) is 0 Å². The van der Waals surface area contributed by atoms with Crippen LogP contribution in [-0.2, 0) is 17.6 Å². The highest BCUT2D eigenvalue weighted by Crippen LogP contribution is 2.22. The third-order valence-electron chi connectivity index (χ3n) is 2.89. The maximum absolute atomic E-state index is 11.1. The lowest BCUT2D eigenvalue weighted by Crippen LogP contribution is -2.35. The summed E-state index contributed by atoms with van der Waals surface area (Å²) in [5.74, 6) is -0.851. The first kappa shape index (κ1) is 11.2. The summed E-state index contributed by atoms with van der Waals surface area (Å²) in [5.41, 5.74) is 2.49. The van der Waals surface area contributed by atoms with Gasteiger partial charge in [-0.3, -0.25) is 0 Å². The quantitative estimate of drug-likeness (QED) is 0.758. The number of hydrogen-bond donors (Lipinski definition) is 1. The number of carbonyl (C=O) groups is 1. The van der Waals surface area contributed by atoms with Crippen molar-refractivity contribution >= 4 is 13.6 Å². The molecule has 0 fully saturated rings. The Balaban J connectivity index is 2.30. The third kappa shape index (κ3) is 2.10. The number of carboxylic acids is 1. The van der Waals surface area contributed by atoms with Gasteiger partial charge in [-0.1, -0.05) is 12.1 Å². The molecule has 1 N–H and O–H groups in total. The predicted molar refractivity (Wildman–Crippen MR) is 61.7 cm³/mol. The molecule has 1 aliphatic heterocycles. The number of benzene rings is 1. The Bertz CT molecular complexity index is 408. The van der Waals surface area contributed by atoms with Crippen LogP contribution in [0.4, 0.5) is 0 Å². The molecular weight excluding hydrogens is 205 g/mol. The van der Waals surface area contributed by atoms with Gasteiger partial charge in [0.25, 0.3) is 0 Å². The fourth-order valence-corrected chi connectivity index (χ4v) is 2.13. The topological polar surface area (TPSA) is 49.8 Å². The van der Waals surface area contributed by atoms with Gasteiger partial charge in [0.1, 0.15) is 0 Å². The Morgan fingerprint density at radius 2 is 2.38 bits per heavy atom. The molecule has 0 atom stereocenters. The predicted octanol–water partition coefficient (Wildman–Crippen LogP) is 0.656. The maximum Gasteiger partial charge on any atom is 0.363 e. The van der Waals surface area contributed by atoms with Crippen molar-refractivity contribution in [3.63, 3.8) is 0 Å². The molecule has 4 nitrogen and oxygen atoms in total. The van der Waals surface area contributed by atoms with E-state index >= 15 is 0 Å². The summed E-state index contributed by atoms with van der Waals surface area (Å²) < 4.78 is 5.08. The van der Waals surface area contributed by atoms with Gasteiger partial charge >= 0.3 is 13.6 Å². The van der Waals surface area contributed by atoms with E-state index in [1.165, 1.54) is 0 Å². The van der Waals surface area contributed by atoms with Crippen LogP contribution in [0.15, 0.2) is 18.2 Å². The van der Waals surface area contributed by atoms with Crippen molar-refractivity contribution in [1.29, 1.82) is 0 Å². The number of nitrogens with zero attached hydrogens (tertiary/aromatic N) is 1. The van der Waals surface area contributed by atoms with E-state index in [1.807, 2.05) is 12.1 Å². The molecule has 0 unspecified atom stereocenters. The minimum atomic E-state index is -0.851. The number of aromatic carboxylic acids is 1. The lowest BCUT2D eigenvalue weighted by atomic mass is 9.92. The Labute approximate surface area is 95.1 Å². The van der Waals surface area contributed by atoms with Gasteiger partial charge < -0.3 is 14.6 Å². The van der Waals surface area contributed by atoms with E-state index in [4.69, 9.17) is 9.76 Å². The first-order chi connectivity index (χ1) is 7.72. The van der Waals surface area contributed by atoms with Crippen LogP contribution in [0.2, 0.25) is 0 Å². The molecule has 1 aromatic carbocycles. The van der Waals surface area contributed by atoms with Crippen LogP contribution < -0.4 is 0 Å². The Morgan fingerprint density at radius 3 is 3.06 bits per heavy atom. The molecule has 0 spiro atoms. The summed E-state index contributed by atoms with van der Waals surface area (Å²) in [6.07, 6.45) is 0.889. The van der Waals surface area contributed by atoms with E-state index in [-0.39, 0.29) is 0 Å². The maximum atomic E-state index is 11.1. The van der Waals surface area contributed by atoms with Crippen LogP contribution in [0.5, 0.6) is 0 Å². The molecule has 0 saturated heterocycles. The molecular formula is C11H14BNO3. The van der Waals surface area contributed by atoms with Crippen molar-refractivity contribution in [2.45, 2.75) is 13.0 Å². The number of carboxylic acid groups (broad SMARTS) is 1. The molecule has 1 aliphatic rings. The van der Waals surface area contributed by atoms with Crippen molar-refractivity contribution in [3.05, 3.63) is 34.9 Å². The van der Waals surface area contributed by atoms with Crippen molar-refractivity contribution in [3.8, 4) is 0 Å². The van der Waals surface area contributed by atoms with Crippen LogP contribution in [0.3, 0.4) is 0 Å². The second kappa shape index (κ2) is 4.68. The summed E-state index contributed by atoms with van der Waals surface area (Å²) in [6.45, 7) is 1.58. The Hall–Kier alpha value is -1.33. The second-order valence-corrected chi connectivity index (χ2v) is 3.97. The highest BCUT2D eigenvalue weighted by Gasteiger charge is 2.21. The van der Waals surface area contributed by atoms with Gasteiger partial charge in [-0.2, -0.15) is 0 Å². The molecule has 84 valence electrons. The van der Waals surface area contributed by atoms with Gasteiger partial charge in [-0.15, -0.1) is 0 Å². The monoisotopic (exact) mass is 219 g/mol. The fourth-order valence-electron chi connectivity index (χ4n) is 2.13. The molecule has 0 saturated carbocycles. The lowest BCUT2D eigenvalue weighted by molar-refractivity contribution is 0.0694. The lowest BCUT2D eigenvalue weighted by Gasteiger charge is -2.28. The van der Waals surface area contributed by atoms with E-state index in [0.717, 1.165) is 24.1 Å². The molecule has 1 heterocycles. The average Bonchev–Trinajstić information content (AvgIpc) is 2.28. The van der Waals surface area contributed by atoms with Crippen molar-refractivity contribution in [2.24, 2.45) is 0 Å². The van der Waals surface area contributed by atoms with Gasteiger partial charge in [0.15, 0.2) is 0 Å². The van der Waals surface area contributed by atoms with Gasteiger partial charge in [-0.25, -0.2) is 4.79 Å². The number of fused-ring (bicyclic) bond motifs is 1. The van der Waals surface area contributed by atoms with E-state index in [1.54, 1.807) is 13.2 Å². The first-order valence-electron chi connectivity index (χ1n) is 5.27. The van der Waals surface area contributed by atoms with Crippen LogP contribution in [0.1, 0.15) is 21.5 Å². The molecule has 0 amide bonds. The van der Waals surface area contributed by atoms with Gasteiger partial charge in [0.2, 0.25) is 0 Å². The molecule has 0 aromatic heterocycles. The van der Waals surface area contributed by atoms with Crippen LogP contribution >= 0.6 is 0 Å². The summed E-state index contributed by atoms with van der Waals surface area (Å²) in [6, 6.07) is 5.48. The van der Waals surface area contributed by atoms with Crippen LogP contribution in [-0.4, -0.2) is 37.2 Å². The highest BCUT2D eigenvalue weighted by atomic mass is 16.4. The summed E-state index contributed by atoms with van der Waals surface area (Å²) >= 11 is 0. The molecule has 0 aliphatic carbocycles. The van der Waals surface area contributed by atoms with E-state index in [0.29, 0.717) is 19.7 Å². The molecule has 2 rings (SSSR count). The smallest absolute Gasteiger partial charge is 0.363 e. The number of hydrogen-bond acceptors (Lipinski definition) is 3.